The van der Waals surface area contributed by atoms with Crippen LogP contribution in [0.1, 0.15) is 16.4 Å². The largest absolute Gasteiger partial charge is 0.494 e. The summed E-state index contributed by atoms with van der Waals surface area (Å²) < 4.78 is 5.37. The van der Waals surface area contributed by atoms with Gasteiger partial charge in [-0.25, -0.2) is 9.97 Å². The first-order valence-electron chi connectivity index (χ1n) is 6.80. The molecular weight excluding hydrogens is 282 g/mol. The molecule has 5 heteroatoms. The van der Waals surface area contributed by atoms with Gasteiger partial charge in [-0.3, -0.25) is 0 Å². The molecule has 0 amide bonds. The van der Waals surface area contributed by atoms with Crippen molar-refractivity contribution in [3.63, 3.8) is 0 Å². The second kappa shape index (κ2) is 6.20. The number of hydrogen-bond donors (Lipinski definition) is 1. The minimum absolute atomic E-state index is 0.715. The van der Waals surface area contributed by atoms with Gasteiger partial charge in [0.1, 0.15) is 16.3 Å². The monoisotopic (exact) mass is 299 g/mol. The van der Waals surface area contributed by atoms with Gasteiger partial charge >= 0.3 is 0 Å². The van der Waals surface area contributed by atoms with E-state index in [1.807, 2.05) is 31.2 Å². The number of ether oxygens (including phenoxy) is 1. The SMILES string of the molecule is COc1cccc2ccc(CNCc3nc(C)cs3)nc12. The van der Waals surface area contributed by atoms with Crippen molar-refractivity contribution in [1.29, 1.82) is 0 Å². The number of benzene rings is 1. The Hall–Kier alpha value is -1.98. The van der Waals surface area contributed by atoms with Crippen LogP contribution in [0.5, 0.6) is 5.75 Å². The summed E-state index contributed by atoms with van der Waals surface area (Å²) in [6, 6.07) is 10.1. The Morgan fingerprint density at radius 3 is 2.81 bits per heavy atom. The summed E-state index contributed by atoms with van der Waals surface area (Å²) in [7, 11) is 1.67. The average Bonchev–Trinajstić information content (AvgIpc) is 2.92. The quantitative estimate of drug-likeness (QED) is 0.785. The number of pyridine rings is 1. The minimum Gasteiger partial charge on any atom is -0.494 e. The maximum absolute atomic E-state index is 5.37. The van der Waals surface area contributed by atoms with E-state index < -0.39 is 0 Å². The lowest BCUT2D eigenvalue weighted by atomic mass is 10.2. The van der Waals surface area contributed by atoms with E-state index in [0.717, 1.165) is 39.6 Å². The number of rotatable bonds is 5. The molecule has 0 aliphatic carbocycles. The summed E-state index contributed by atoms with van der Waals surface area (Å²) in [6.45, 7) is 3.49. The van der Waals surface area contributed by atoms with Crippen LogP contribution in [-0.4, -0.2) is 17.1 Å². The molecular formula is C16H17N3OS. The highest BCUT2D eigenvalue weighted by Crippen LogP contribution is 2.23. The summed E-state index contributed by atoms with van der Waals surface area (Å²) >= 11 is 1.68. The van der Waals surface area contributed by atoms with Gasteiger partial charge in [0, 0.05) is 29.5 Å². The number of fused-ring (bicyclic) bond motifs is 1. The van der Waals surface area contributed by atoms with Crippen molar-refractivity contribution < 1.29 is 4.74 Å². The van der Waals surface area contributed by atoms with Gasteiger partial charge in [-0.1, -0.05) is 18.2 Å². The van der Waals surface area contributed by atoms with E-state index in [1.165, 1.54) is 0 Å². The Morgan fingerprint density at radius 2 is 2.05 bits per heavy atom. The third-order valence-corrected chi connectivity index (χ3v) is 4.18. The highest BCUT2D eigenvalue weighted by atomic mass is 32.1. The molecule has 4 nitrogen and oxygen atoms in total. The van der Waals surface area contributed by atoms with Gasteiger partial charge in [0.25, 0.3) is 0 Å². The topological polar surface area (TPSA) is 47.0 Å². The predicted molar refractivity (Wildman–Crippen MR) is 85.7 cm³/mol. The van der Waals surface area contributed by atoms with Gasteiger partial charge in [-0.2, -0.15) is 0 Å². The number of para-hydroxylation sites is 1. The Kier molecular flexibility index (Phi) is 4.13. The van der Waals surface area contributed by atoms with Crippen molar-refractivity contribution >= 4 is 22.2 Å². The molecule has 1 aromatic carbocycles. The predicted octanol–water partition coefficient (Wildman–Crippen LogP) is 3.30. The number of aromatic nitrogens is 2. The lowest BCUT2D eigenvalue weighted by molar-refractivity contribution is 0.418. The van der Waals surface area contributed by atoms with Crippen LogP contribution in [0.3, 0.4) is 0 Å². The van der Waals surface area contributed by atoms with Crippen molar-refractivity contribution in [1.82, 2.24) is 15.3 Å². The summed E-state index contributed by atoms with van der Waals surface area (Å²) in [4.78, 5) is 9.11. The standard InChI is InChI=1S/C16H17N3OS/c1-11-10-21-15(18-11)9-17-8-13-7-6-12-4-3-5-14(20-2)16(12)19-13/h3-7,10,17H,8-9H2,1-2H3. The normalized spacial score (nSPS) is 11.0. The summed E-state index contributed by atoms with van der Waals surface area (Å²) in [5.41, 5.74) is 2.98. The minimum atomic E-state index is 0.715. The molecule has 108 valence electrons. The summed E-state index contributed by atoms with van der Waals surface area (Å²) in [5, 5.41) is 7.64. The Labute approximate surface area is 127 Å². The Balaban J connectivity index is 1.72. The number of aryl methyl sites for hydroxylation is 1. The molecule has 0 unspecified atom stereocenters. The highest BCUT2D eigenvalue weighted by molar-refractivity contribution is 7.09. The van der Waals surface area contributed by atoms with Crippen LogP contribution in [-0.2, 0) is 13.1 Å². The molecule has 0 spiro atoms. The number of methoxy groups -OCH3 is 1. The zero-order chi connectivity index (χ0) is 14.7. The highest BCUT2D eigenvalue weighted by Gasteiger charge is 2.04. The summed E-state index contributed by atoms with van der Waals surface area (Å²) in [6.07, 6.45) is 0. The van der Waals surface area contributed by atoms with Crippen LogP contribution < -0.4 is 10.1 Å². The van der Waals surface area contributed by atoms with Crippen molar-refractivity contribution in [3.05, 3.63) is 52.1 Å². The van der Waals surface area contributed by atoms with Crippen LogP contribution in [0, 0.1) is 6.92 Å². The third-order valence-electron chi connectivity index (χ3n) is 3.21. The maximum atomic E-state index is 5.37. The Morgan fingerprint density at radius 1 is 1.14 bits per heavy atom. The van der Waals surface area contributed by atoms with Gasteiger partial charge in [-0.15, -0.1) is 11.3 Å². The summed E-state index contributed by atoms with van der Waals surface area (Å²) in [5.74, 6) is 0.810. The van der Waals surface area contributed by atoms with E-state index in [4.69, 9.17) is 4.74 Å². The Bertz CT molecular complexity index is 754. The lowest BCUT2D eigenvalue weighted by Gasteiger charge is -2.07. The van der Waals surface area contributed by atoms with Gasteiger partial charge in [0.2, 0.25) is 0 Å². The van der Waals surface area contributed by atoms with Crippen LogP contribution in [0.25, 0.3) is 10.9 Å². The molecule has 0 radical (unpaired) electrons. The lowest BCUT2D eigenvalue weighted by Crippen LogP contribution is -2.13. The fraction of sp³-hybridized carbons (Fsp3) is 0.250. The van der Waals surface area contributed by atoms with Crippen LogP contribution in [0.4, 0.5) is 0 Å². The van der Waals surface area contributed by atoms with E-state index in [9.17, 15) is 0 Å². The second-order valence-electron chi connectivity index (χ2n) is 4.82. The average molecular weight is 299 g/mol. The third kappa shape index (κ3) is 3.20. The first kappa shape index (κ1) is 14.0. The van der Waals surface area contributed by atoms with E-state index in [0.29, 0.717) is 6.54 Å². The second-order valence-corrected chi connectivity index (χ2v) is 5.76. The van der Waals surface area contributed by atoms with Gasteiger partial charge < -0.3 is 10.1 Å². The molecule has 2 aromatic heterocycles. The molecule has 0 saturated heterocycles. The van der Waals surface area contributed by atoms with Gasteiger partial charge in [-0.05, 0) is 19.1 Å². The van der Waals surface area contributed by atoms with E-state index >= 15 is 0 Å². The molecule has 0 fully saturated rings. The fourth-order valence-corrected chi connectivity index (χ4v) is 2.95. The molecule has 21 heavy (non-hydrogen) atoms. The number of nitrogens with one attached hydrogen (secondary N) is 1. The molecule has 0 aliphatic rings. The van der Waals surface area contributed by atoms with Crippen LogP contribution in [0.15, 0.2) is 35.7 Å². The first-order valence-corrected chi connectivity index (χ1v) is 7.68. The first-order chi connectivity index (χ1) is 10.3. The number of nitrogens with zero attached hydrogens (tertiary/aromatic N) is 2. The van der Waals surface area contributed by atoms with E-state index in [1.54, 1.807) is 18.4 Å². The molecule has 3 aromatic rings. The van der Waals surface area contributed by atoms with Crippen LogP contribution >= 0.6 is 11.3 Å². The molecule has 0 aliphatic heterocycles. The van der Waals surface area contributed by atoms with Crippen molar-refractivity contribution in [2.75, 3.05) is 7.11 Å². The molecule has 0 atom stereocenters. The zero-order valence-corrected chi connectivity index (χ0v) is 12.9. The van der Waals surface area contributed by atoms with Crippen molar-refractivity contribution in [2.45, 2.75) is 20.0 Å². The van der Waals surface area contributed by atoms with Gasteiger partial charge in [0.05, 0.1) is 12.8 Å². The zero-order valence-electron chi connectivity index (χ0n) is 12.1. The maximum Gasteiger partial charge on any atom is 0.145 e. The van der Waals surface area contributed by atoms with Crippen LogP contribution in [0.2, 0.25) is 0 Å². The van der Waals surface area contributed by atoms with E-state index in [-0.39, 0.29) is 0 Å². The number of hydrogen-bond acceptors (Lipinski definition) is 5. The molecule has 0 saturated carbocycles. The van der Waals surface area contributed by atoms with Crippen molar-refractivity contribution in [2.24, 2.45) is 0 Å². The smallest absolute Gasteiger partial charge is 0.145 e. The molecule has 3 rings (SSSR count). The van der Waals surface area contributed by atoms with Crippen molar-refractivity contribution in [3.8, 4) is 5.75 Å². The molecule has 0 bridgehead atoms. The molecule has 1 N–H and O–H groups in total. The fourth-order valence-electron chi connectivity index (χ4n) is 2.20. The van der Waals surface area contributed by atoms with E-state index in [2.05, 4.69) is 26.7 Å². The van der Waals surface area contributed by atoms with Gasteiger partial charge in [0.15, 0.2) is 0 Å². The number of thiazole rings is 1. The molecule has 2 heterocycles.